The van der Waals surface area contributed by atoms with E-state index in [9.17, 15) is 5.11 Å². The molecule has 0 spiro atoms. The SMILES string of the molecule is Cc1nn(C2CCCC(CO)(NC(C)C)C2)c(C)c1C. The third-order valence-electron chi connectivity index (χ3n) is 4.75. The monoisotopic (exact) mass is 279 g/mol. The van der Waals surface area contributed by atoms with Gasteiger partial charge in [0, 0.05) is 17.3 Å². The number of rotatable bonds is 4. The molecule has 1 heterocycles. The molecule has 1 fully saturated rings. The molecule has 20 heavy (non-hydrogen) atoms. The van der Waals surface area contributed by atoms with Crippen molar-refractivity contribution in [1.82, 2.24) is 15.1 Å². The quantitative estimate of drug-likeness (QED) is 0.891. The van der Waals surface area contributed by atoms with E-state index < -0.39 is 0 Å². The number of hydrogen-bond donors (Lipinski definition) is 2. The summed E-state index contributed by atoms with van der Waals surface area (Å²) in [5.41, 5.74) is 3.55. The normalized spacial score (nSPS) is 27.2. The van der Waals surface area contributed by atoms with Crippen molar-refractivity contribution < 1.29 is 5.11 Å². The van der Waals surface area contributed by atoms with Crippen LogP contribution in [0.1, 0.15) is 62.5 Å². The fourth-order valence-electron chi connectivity index (χ4n) is 3.57. The molecule has 0 radical (unpaired) electrons. The van der Waals surface area contributed by atoms with Crippen LogP contribution < -0.4 is 5.32 Å². The number of aryl methyl sites for hydroxylation is 1. The molecule has 1 aliphatic rings. The van der Waals surface area contributed by atoms with E-state index in [-0.39, 0.29) is 12.1 Å². The van der Waals surface area contributed by atoms with Crippen LogP contribution >= 0.6 is 0 Å². The summed E-state index contributed by atoms with van der Waals surface area (Å²) in [6, 6.07) is 0.789. The maximum absolute atomic E-state index is 9.89. The van der Waals surface area contributed by atoms with E-state index in [0.29, 0.717) is 12.1 Å². The van der Waals surface area contributed by atoms with Crippen molar-refractivity contribution in [2.24, 2.45) is 0 Å². The summed E-state index contributed by atoms with van der Waals surface area (Å²) in [5.74, 6) is 0. The van der Waals surface area contributed by atoms with Crippen LogP contribution in [0.3, 0.4) is 0 Å². The van der Waals surface area contributed by atoms with Crippen LogP contribution in [0.4, 0.5) is 0 Å². The molecule has 1 aliphatic carbocycles. The molecule has 1 aromatic heterocycles. The Morgan fingerprint density at radius 1 is 1.40 bits per heavy atom. The maximum atomic E-state index is 9.89. The van der Waals surface area contributed by atoms with Gasteiger partial charge in [0.15, 0.2) is 0 Å². The third-order valence-corrected chi connectivity index (χ3v) is 4.75. The van der Waals surface area contributed by atoms with Crippen LogP contribution in [0.15, 0.2) is 0 Å². The summed E-state index contributed by atoms with van der Waals surface area (Å²) in [6.45, 7) is 10.9. The molecule has 2 N–H and O–H groups in total. The lowest BCUT2D eigenvalue weighted by molar-refractivity contribution is 0.0867. The summed E-state index contributed by atoms with van der Waals surface area (Å²) in [4.78, 5) is 0. The number of aliphatic hydroxyl groups is 1. The average molecular weight is 279 g/mol. The van der Waals surface area contributed by atoms with Crippen LogP contribution in [0.2, 0.25) is 0 Å². The molecule has 2 atom stereocenters. The highest BCUT2D eigenvalue weighted by Crippen LogP contribution is 2.36. The molecule has 0 saturated heterocycles. The highest BCUT2D eigenvalue weighted by atomic mass is 16.3. The topological polar surface area (TPSA) is 50.1 Å². The summed E-state index contributed by atoms with van der Waals surface area (Å²) in [5, 5.41) is 18.2. The fourth-order valence-corrected chi connectivity index (χ4v) is 3.57. The van der Waals surface area contributed by atoms with Crippen molar-refractivity contribution in [2.75, 3.05) is 6.61 Å². The van der Waals surface area contributed by atoms with Gasteiger partial charge in [0.25, 0.3) is 0 Å². The molecule has 4 nitrogen and oxygen atoms in total. The Morgan fingerprint density at radius 2 is 2.10 bits per heavy atom. The molecule has 1 aromatic rings. The molecule has 2 rings (SSSR count). The first-order valence-electron chi connectivity index (χ1n) is 7.79. The van der Waals surface area contributed by atoms with Gasteiger partial charge in [-0.2, -0.15) is 5.10 Å². The highest BCUT2D eigenvalue weighted by molar-refractivity contribution is 5.23. The molecule has 0 aliphatic heterocycles. The number of nitrogens with one attached hydrogen (secondary N) is 1. The van der Waals surface area contributed by atoms with Crippen LogP contribution in [0.25, 0.3) is 0 Å². The molecule has 4 heteroatoms. The third kappa shape index (κ3) is 2.91. The Labute approximate surface area is 122 Å². The second kappa shape index (κ2) is 5.86. The lowest BCUT2D eigenvalue weighted by atomic mass is 9.79. The van der Waals surface area contributed by atoms with E-state index in [0.717, 1.165) is 31.4 Å². The molecular formula is C16H29N3O. The Bertz CT molecular complexity index is 467. The number of aliphatic hydroxyl groups excluding tert-OH is 1. The van der Waals surface area contributed by atoms with Crippen molar-refractivity contribution in [1.29, 1.82) is 0 Å². The van der Waals surface area contributed by atoms with Gasteiger partial charge in [-0.15, -0.1) is 0 Å². The summed E-state index contributed by atoms with van der Waals surface area (Å²) in [7, 11) is 0. The van der Waals surface area contributed by atoms with Crippen molar-refractivity contribution in [2.45, 2.75) is 77.9 Å². The number of nitrogens with zero attached hydrogens (tertiary/aromatic N) is 2. The zero-order chi connectivity index (χ0) is 14.9. The Kier molecular flexibility index (Phi) is 4.55. The lowest BCUT2D eigenvalue weighted by Crippen LogP contribution is -2.54. The zero-order valence-corrected chi connectivity index (χ0v) is 13.5. The van der Waals surface area contributed by atoms with Gasteiger partial charge < -0.3 is 10.4 Å². The van der Waals surface area contributed by atoms with Gasteiger partial charge in [0.05, 0.1) is 18.3 Å². The van der Waals surface area contributed by atoms with Gasteiger partial charge in [-0.25, -0.2) is 0 Å². The van der Waals surface area contributed by atoms with E-state index in [1.807, 2.05) is 0 Å². The highest BCUT2D eigenvalue weighted by Gasteiger charge is 2.37. The number of hydrogen-bond acceptors (Lipinski definition) is 3. The van der Waals surface area contributed by atoms with E-state index in [1.165, 1.54) is 11.3 Å². The average Bonchev–Trinajstić information content (AvgIpc) is 2.66. The molecule has 114 valence electrons. The van der Waals surface area contributed by atoms with Gasteiger partial charge in [-0.1, -0.05) is 13.8 Å². The zero-order valence-electron chi connectivity index (χ0n) is 13.5. The fraction of sp³-hybridized carbons (Fsp3) is 0.812. The summed E-state index contributed by atoms with van der Waals surface area (Å²) in [6.07, 6.45) is 4.31. The Hall–Kier alpha value is -0.870. The van der Waals surface area contributed by atoms with Gasteiger partial charge in [0.2, 0.25) is 0 Å². The van der Waals surface area contributed by atoms with E-state index in [4.69, 9.17) is 5.10 Å². The molecule has 1 saturated carbocycles. The Balaban J connectivity index is 2.23. The van der Waals surface area contributed by atoms with E-state index >= 15 is 0 Å². The minimum atomic E-state index is -0.142. The molecule has 0 aromatic carbocycles. The molecular weight excluding hydrogens is 250 g/mol. The van der Waals surface area contributed by atoms with Crippen molar-refractivity contribution in [3.05, 3.63) is 17.0 Å². The predicted molar refractivity (Wildman–Crippen MR) is 82.0 cm³/mol. The molecule has 2 unspecified atom stereocenters. The second-order valence-electron chi connectivity index (χ2n) is 6.73. The van der Waals surface area contributed by atoms with Crippen LogP contribution in [-0.2, 0) is 0 Å². The first-order chi connectivity index (χ1) is 9.38. The summed E-state index contributed by atoms with van der Waals surface area (Å²) >= 11 is 0. The molecule has 0 amide bonds. The van der Waals surface area contributed by atoms with Gasteiger partial charge in [0.1, 0.15) is 0 Å². The van der Waals surface area contributed by atoms with Gasteiger partial charge in [-0.05, 0) is 52.0 Å². The van der Waals surface area contributed by atoms with Gasteiger partial charge >= 0.3 is 0 Å². The smallest absolute Gasteiger partial charge is 0.0625 e. The lowest BCUT2D eigenvalue weighted by Gasteiger charge is -2.42. The van der Waals surface area contributed by atoms with Crippen molar-refractivity contribution in [3.63, 3.8) is 0 Å². The van der Waals surface area contributed by atoms with Crippen LogP contribution in [0, 0.1) is 20.8 Å². The maximum Gasteiger partial charge on any atom is 0.0625 e. The summed E-state index contributed by atoms with van der Waals surface area (Å²) < 4.78 is 2.19. The van der Waals surface area contributed by atoms with Crippen LogP contribution in [-0.4, -0.2) is 33.1 Å². The standard InChI is InChI=1S/C16H29N3O/c1-11(2)17-16(10-20)8-6-7-15(9-16)19-14(5)12(3)13(4)18-19/h11,15,17,20H,6-10H2,1-5H3. The predicted octanol–water partition coefficient (Wildman–Crippen LogP) is 2.65. The molecule has 0 bridgehead atoms. The van der Waals surface area contributed by atoms with Crippen molar-refractivity contribution >= 4 is 0 Å². The van der Waals surface area contributed by atoms with Crippen molar-refractivity contribution in [3.8, 4) is 0 Å². The first-order valence-corrected chi connectivity index (χ1v) is 7.79. The minimum Gasteiger partial charge on any atom is -0.394 e. The first kappa shape index (κ1) is 15.5. The second-order valence-corrected chi connectivity index (χ2v) is 6.73. The minimum absolute atomic E-state index is 0.142. The van der Waals surface area contributed by atoms with E-state index in [1.54, 1.807) is 0 Å². The van der Waals surface area contributed by atoms with E-state index in [2.05, 4.69) is 44.6 Å². The Morgan fingerprint density at radius 3 is 2.60 bits per heavy atom. The largest absolute Gasteiger partial charge is 0.394 e. The van der Waals surface area contributed by atoms with Crippen LogP contribution in [0.5, 0.6) is 0 Å². The number of aromatic nitrogens is 2. The van der Waals surface area contributed by atoms with Gasteiger partial charge in [-0.3, -0.25) is 4.68 Å².